The third kappa shape index (κ3) is 3.21. The molecule has 83 valence electrons. The van der Waals surface area contributed by atoms with E-state index in [-0.39, 0.29) is 0 Å². The molecule has 0 N–H and O–H groups in total. The highest BCUT2D eigenvalue weighted by molar-refractivity contribution is 5.13. The second kappa shape index (κ2) is 5.47. The fourth-order valence-corrected chi connectivity index (χ4v) is 1.45. The molecule has 1 aromatic carbocycles. The largest absolute Gasteiger partial charge is 0.375 e. The van der Waals surface area contributed by atoms with Gasteiger partial charge >= 0.3 is 0 Å². The van der Waals surface area contributed by atoms with Crippen LogP contribution in [0.1, 0.15) is 11.3 Å². The minimum absolute atomic E-state index is 0.652. The predicted molar refractivity (Wildman–Crippen MR) is 62.8 cm³/mol. The first-order valence-corrected chi connectivity index (χ1v) is 5.32. The monoisotopic (exact) mass is 215 g/mol. The number of hydrogen-bond donors (Lipinski definition) is 0. The normalized spacial score (nSPS) is 10.6. The molecule has 0 amide bonds. The molecule has 3 nitrogen and oxygen atoms in total. The standard InChI is InChI=1S/C13H15N2O/c1-12-7-8-15(14-12)9-10-16-11-13-5-3-2-4-6-13/h2-8H,1,9-11H2. The lowest BCUT2D eigenvalue weighted by Crippen LogP contribution is -2.06. The van der Waals surface area contributed by atoms with Crippen LogP contribution in [0, 0.1) is 6.92 Å². The van der Waals surface area contributed by atoms with Crippen molar-refractivity contribution in [1.82, 2.24) is 9.78 Å². The van der Waals surface area contributed by atoms with E-state index in [1.807, 2.05) is 35.1 Å². The van der Waals surface area contributed by atoms with Gasteiger partial charge in [-0.05, 0) is 18.6 Å². The fourth-order valence-electron chi connectivity index (χ4n) is 1.45. The molecule has 0 atom stereocenters. The van der Waals surface area contributed by atoms with Gasteiger partial charge in [0.25, 0.3) is 0 Å². The Morgan fingerprint density at radius 1 is 1.19 bits per heavy atom. The van der Waals surface area contributed by atoms with Crippen LogP contribution in [0.3, 0.4) is 0 Å². The Kier molecular flexibility index (Phi) is 3.72. The first-order valence-electron chi connectivity index (χ1n) is 5.32. The molecule has 2 aromatic rings. The maximum Gasteiger partial charge on any atom is 0.0717 e. The molecule has 0 saturated heterocycles. The number of rotatable bonds is 5. The van der Waals surface area contributed by atoms with Gasteiger partial charge in [0.15, 0.2) is 0 Å². The Hall–Kier alpha value is -1.61. The molecule has 1 heterocycles. The highest BCUT2D eigenvalue weighted by Gasteiger charge is 1.95. The zero-order chi connectivity index (χ0) is 11.2. The second-order valence-corrected chi connectivity index (χ2v) is 3.61. The molecule has 0 spiro atoms. The summed E-state index contributed by atoms with van der Waals surface area (Å²) in [6.07, 6.45) is 1.91. The van der Waals surface area contributed by atoms with E-state index in [4.69, 9.17) is 4.74 Å². The summed E-state index contributed by atoms with van der Waals surface area (Å²) in [6, 6.07) is 12.0. The van der Waals surface area contributed by atoms with Crippen molar-refractivity contribution in [1.29, 1.82) is 0 Å². The molecular formula is C13H15N2O. The summed E-state index contributed by atoms with van der Waals surface area (Å²) in [6.45, 7) is 5.83. The van der Waals surface area contributed by atoms with E-state index in [0.717, 1.165) is 12.2 Å². The average Bonchev–Trinajstić information content (AvgIpc) is 2.72. The summed E-state index contributed by atoms with van der Waals surface area (Å²) in [5, 5.41) is 4.18. The summed E-state index contributed by atoms with van der Waals surface area (Å²) in [5.74, 6) is 0. The van der Waals surface area contributed by atoms with Crippen molar-refractivity contribution in [3.8, 4) is 0 Å². The van der Waals surface area contributed by atoms with Crippen molar-refractivity contribution in [2.24, 2.45) is 0 Å². The van der Waals surface area contributed by atoms with Crippen LogP contribution in [-0.2, 0) is 17.9 Å². The van der Waals surface area contributed by atoms with E-state index < -0.39 is 0 Å². The molecule has 0 saturated carbocycles. The van der Waals surface area contributed by atoms with Gasteiger partial charge < -0.3 is 4.74 Å². The van der Waals surface area contributed by atoms with Crippen molar-refractivity contribution in [3.63, 3.8) is 0 Å². The van der Waals surface area contributed by atoms with Crippen LogP contribution >= 0.6 is 0 Å². The second-order valence-electron chi connectivity index (χ2n) is 3.61. The quantitative estimate of drug-likeness (QED) is 0.715. The van der Waals surface area contributed by atoms with Gasteiger partial charge in [0.05, 0.1) is 25.5 Å². The molecule has 0 unspecified atom stereocenters. The van der Waals surface area contributed by atoms with Gasteiger partial charge in [-0.1, -0.05) is 30.3 Å². The summed E-state index contributed by atoms with van der Waals surface area (Å²) in [7, 11) is 0. The lowest BCUT2D eigenvalue weighted by Gasteiger charge is -2.04. The maximum absolute atomic E-state index is 5.55. The molecule has 1 radical (unpaired) electrons. The van der Waals surface area contributed by atoms with Gasteiger partial charge in [-0.25, -0.2) is 0 Å². The zero-order valence-corrected chi connectivity index (χ0v) is 9.17. The van der Waals surface area contributed by atoms with Crippen LogP contribution in [-0.4, -0.2) is 16.4 Å². The molecule has 0 aliphatic rings. The summed E-state index contributed by atoms with van der Waals surface area (Å²) in [4.78, 5) is 0. The van der Waals surface area contributed by atoms with Crippen molar-refractivity contribution in [2.45, 2.75) is 13.2 Å². The smallest absolute Gasteiger partial charge is 0.0717 e. The lowest BCUT2D eigenvalue weighted by molar-refractivity contribution is 0.111. The van der Waals surface area contributed by atoms with E-state index in [1.54, 1.807) is 0 Å². The highest BCUT2D eigenvalue weighted by atomic mass is 16.5. The summed E-state index contributed by atoms with van der Waals surface area (Å²) in [5.41, 5.74) is 1.99. The molecule has 16 heavy (non-hydrogen) atoms. The Labute approximate surface area is 95.7 Å². The Bertz CT molecular complexity index is 423. The number of hydrogen-bond acceptors (Lipinski definition) is 2. The van der Waals surface area contributed by atoms with Crippen LogP contribution in [0.25, 0.3) is 0 Å². The van der Waals surface area contributed by atoms with Gasteiger partial charge in [-0.3, -0.25) is 4.68 Å². The first kappa shape index (κ1) is 10.9. The Morgan fingerprint density at radius 2 is 2.00 bits per heavy atom. The first-order chi connectivity index (χ1) is 7.84. The Morgan fingerprint density at radius 3 is 2.69 bits per heavy atom. The lowest BCUT2D eigenvalue weighted by atomic mass is 10.2. The van der Waals surface area contributed by atoms with E-state index in [0.29, 0.717) is 13.2 Å². The van der Waals surface area contributed by atoms with Crippen molar-refractivity contribution < 1.29 is 4.74 Å². The molecule has 0 fully saturated rings. The summed E-state index contributed by atoms with van der Waals surface area (Å²) < 4.78 is 7.39. The molecule has 0 aliphatic carbocycles. The third-order valence-electron chi connectivity index (χ3n) is 2.27. The van der Waals surface area contributed by atoms with Crippen LogP contribution < -0.4 is 0 Å². The number of ether oxygens (including phenoxy) is 1. The average molecular weight is 215 g/mol. The van der Waals surface area contributed by atoms with Crippen molar-refractivity contribution in [3.05, 3.63) is 60.8 Å². The maximum atomic E-state index is 5.55. The van der Waals surface area contributed by atoms with Gasteiger partial charge in [0.2, 0.25) is 0 Å². The third-order valence-corrected chi connectivity index (χ3v) is 2.27. The van der Waals surface area contributed by atoms with Crippen molar-refractivity contribution >= 4 is 0 Å². The van der Waals surface area contributed by atoms with Crippen molar-refractivity contribution in [2.75, 3.05) is 6.61 Å². The number of benzene rings is 1. The highest BCUT2D eigenvalue weighted by Crippen LogP contribution is 2.00. The van der Waals surface area contributed by atoms with Crippen LogP contribution in [0.4, 0.5) is 0 Å². The minimum Gasteiger partial charge on any atom is -0.375 e. The van der Waals surface area contributed by atoms with Gasteiger partial charge in [-0.2, -0.15) is 5.10 Å². The molecule has 0 bridgehead atoms. The van der Waals surface area contributed by atoms with Gasteiger partial charge in [0, 0.05) is 6.20 Å². The number of nitrogens with zero attached hydrogens (tertiary/aromatic N) is 2. The Balaban J connectivity index is 1.69. The molecule has 2 rings (SSSR count). The molecular weight excluding hydrogens is 200 g/mol. The van der Waals surface area contributed by atoms with Gasteiger partial charge in [0.1, 0.15) is 0 Å². The van der Waals surface area contributed by atoms with E-state index >= 15 is 0 Å². The minimum atomic E-state index is 0.652. The molecule has 0 aliphatic heterocycles. The van der Waals surface area contributed by atoms with Crippen LogP contribution in [0.2, 0.25) is 0 Å². The predicted octanol–water partition coefficient (Wildman–Crippen LogP) is 2.28. The summed E-state index contributed by atoms with van der Waals surface area (Å²) >= 11 is 0. The van der Waals surface area contributed by atoms with E-state index in [9.17, 15) is 0 Å². The topological polar surface area (TPSA) is 27.1 Å². The fraction of sp³-hybridized carbons (Fsp3) is 0.231. The van der Waals surface area contributed by atoms with Gasteiger partial charge in [-0.15, -0.1) is 0 Å². The van der Waals surface area contributed by atoms with E-state index in [1.165, 1.54) is 5.56 Å². The number of aromatic nitrogens is 2. The SMILES string of the molecule is [CH2]c1ccn(CCOCc2ccccc2)n1. The van der Waals surface area contributed by atoms with Crippen LogP contribution in [0.5, 0.6) is 0 Å². The van der Waals surface area contributed by atoms with E-state index in [2.05, 4.69) is 24.2 Å². The van der Waals surface area contributed by atoms with Crippen LogP contribution in [0.15, 0.2) is 42.6 Å². The molecule has 3 heteroatoms. The molecule has 1 aromatic heterocycles. The zero-order valence-electron chi connectivity index (χ0n) is 9.17.